The molecule has 0 saturated heterocycles. The molecule has 0 aromatic heterocycles. The van der Waals surface area contributed by atoms with Crippen LogP contribution >= 0.6 is 0 Å². The molecule has 0 fully saturated rings. The van der Waals surface area contributed by atoms with E-state index in [9.17, 15) is 0 Å². The molecule has 0 rings (SSSR count). The zero-order valence-electron chi connectivity index (χ0n) is 16.7. The van der Waals surface area contributed by atoms with Crippen molar-refractivity contribution in [1.82, 2.24) is 0 Å². The molecule has 0 aliphatic rings. The van der Waals surface area contributed by atoms with Crippen molar-refractivity contribution in [3.63, 3.8) is 0 Å². The van der Waals surface area contributed by atoms with Gasteiger partial charge in [-0.15, -0.1) is 0 Å². The van der Waals surface area contributed by atoms with E-state index in [1.54, 1.807) is 0 Å². The van der Waals surface area contributed by atoms with Gasteiger partial charge in [-0.25, -0.2) is 0 Å². The minimum absolute atomic E-state index is 0. The van der Waals surface area contributed by atoms with Gasteiger partial charge in [-0.2, -0.15) is 0 Å². The van der Waals surface area contributed by atoms with Crippen molar-refractivity contribution in [3.8, 4) is 0 Å². The van der Waals surface area contributed by atoms with Gasteiger partial charge in [0.15, 0.2) is 0 Å². The van der Waals surface area contributed by atoms with Gasteiger partial charge in [0.25, 0.3) is 0 Å². The van der Waals surface area contributed by atoms with Crippen LogP contribution in [0.3, 0.4) is 0 Å². The molecule has 256 valence electrons. The van der Waals surface area contributed by atoms with E-state index in [4.69, 9.17) is 115 Å². The third-order valence-electron chi connectivity index (χ3n) is 0. The van der Waals surface area contributed by atoms with Crippen molar-refractivity contribution in [1.29, 1.82) is 0 Å². The van der Waals surface area contributed by atoms with E-state index in [-0.39, 0.29) is 21.1 Å². The van der Waals surface area contributed by atoms with E-state index in [0.717, 1.165) is 0 Å². The summed E-state index contributed by atoms with van der Waals surface area (Å²) in [5, 5.41) is 0. The average molecular weight is 1380 g/mol. The molecule has 0 aromatic rings. The predicted octanol–water partition coefficient (Wildman–Crippen LogP) is -20.9. The van der Waals surface area contributed by atoms with Crippen LogP contribution in [0.25, 0.3) is 0 Å². The van der Waals surface area contributed by atoms with E-state index in [1.807, 2.05) is 0 Å². The van der Waals surface area contributed by atoms with Gasteiger partial charge in [-0.3, -0.25) is 0 Å². The molecule has 0 saturated carbocycles. The van der Waals surface area contributed by atoms with Crippen molar-refractivity contribution in [3.05, 3.63) is 0 Å². The van der Waals surface area contributed by atoms with Crippen molar-refractivity contribution >= 4 is 0 Å². The van der Waals surface area contributed by atoms with E-state index in [1.165, 1.54) is 0 Å². The van der Waals surface area contributed by atoms with E-state index >= 15 is 0 Å². The summed E-state index contributed by atoms with van der Waals surface area (Å²) in [4.78, 5) is 0. The van der Waals surface area contributed by atoms with Gasteiger partial charge in [0.05, 0.1) is 0 Å². The molecule has 0 aromatic carbocycles. The van der Waals surface area contributed by atoms with Crippen molar-refractivity contribution < 1.29 is 270 Å². The van der Waals surface area contributed by atoms with Gasteiger partial charge in [0, 0.05) is 0 Å². The van der Waals surface area contributed by atoms with Gasteiger partial charge in [0.2, 0.25) is 0 Å². The molecule has 0 spiro atoms. The summed E-state index contributed by atoms with van der Waals surface area (Å²) >= 11 is -48.2. The zero-order chi connectivity index (χ0) is 36.0. The normalized spacial score (nSPS) is 11.3. The fraction of sp³-hybridized carbons (Fsp3) is 0. The predicted molar refractivity (Wildman–Crippen MR) is 11.0 cm³/mol. The van der Waals surface area contributed by atoms with Crippen LogP contribution in [0.15, 0.2) is 0 Å². The molecule has 0 unspecified atom stereocenters. The van der Waals surface area contributed by atoms with Gasteiger partial charge in [-0.05, 0) is 0 Å². The molecule has 0 N–H and O–H groups in total. The quantitative estimate of drug-likeness (QED) is 0.203. The number of hydrogen-bond donors (Lipinski definition) is 0. The maximum atomic E-state index is 8.63. The summed E-state index contributed by atoms with van der Waals surface area (Å²) in [7, 11) is 0. The summed E-state index contributed by atoms with van der Waals surface area (Å²) < 4.78 is 276. The molecular weight excluding hydrogens is 1380 g/mol. The summed E-state index contributed by atoms with van der Waals surface area (Å²) in [5.41, 5.74) is 0. The first-order valence-corrected chi connectivity index (χ1v) is 31.6. The second-order valence-corrected chi connectivity index (χ2v) is 19.3. The summed E-state index contributed by atoms with van der Waals surface area (Å²) in [6.45, 7) is 0. The summed E-state index contributed by atoms with van der Waals surface area (Å²) in [6, 6.07) is 0. The molecule has 0 aliphatic carbocycles. The SMILES string of the molecule is [Mo+6].[O]=[Mo](=[O])([O-])[O-].[O]=[Mo](=[O])([O-])[O-].[O]=[Mo](=[O])([O-])[O-].[O]=[Mo](=[O])([O-])[O-].[O]=[Mo](=[O])([O-])[O-].[O]=[Mo](=[O])([O-])[O-].[O]=[Mo](=[O])([O-])[O-].[O]=[Mo](=[O])([O-])[O-]. The van der Waals surface area contributed by atoms with Crippen LogP contribution in [0.2, 0.25) is 0 Å². The molecule has 0 bridgehead atoms. The number of rotatable bonds is 0. The van der Waals surface area contributed by atoms with Gasteiger partial charge in [-0.1, -0.05) is 0 Å². The second-order valence-electron chi connectivity index (χ2n) is 3.27. The van der Waals surface area contributed by atoms with Crippen LogP contribution in [-0.4, -0.2) is 0 Å². The van der Waals surface area contributed by atoms with Crippen molar-refractivity contribution in [2.45, 2.75) is 0 Å². The monoisotopic (exact) mass is 1390 g/mol. The first-order valence-electron chi connectivity index (χ1n) is 5.33. The van der Waals surface area contributed by atoms with Gasteiger partial charge < -0.3 is 0 Å². The van der Waals surface area contributed by atoms with Crippen molar-refractivity contribution in [2.75, 3.05) is 0 Å². The Morgan fingerprint density at radius 2 is 0.171 bits per heavy atom. The van der Waals surface area contributed by atoms with Crippen LogP contribution in [0.1, 0.15) is 0 Å². The Morgan fingerprint density at radius 1 is 0.171 bits per heavy atom. The molecule has 41 heavy (non-hydrogen) atoms. The minimum atomic E-state index is -6.02. The molecule has 0 amide bonds. The third kappa shape index (κ3) is 12400. The Hall–Kier alpha value is 2.35. The topological polar surface area (TPSA) is 642 Å². The van der Waals surface area contributed by atoms with Crippen LogP contribution in [0, 0.1) is 0 Å². The summed E-state index contributed by atoms with van der Waals surface area (Å²) in [6.07, 6.45) is 0. The molecular formula is Mo9O32-10. The third-order valence-corrected chi connectivity index (χ3v) is 0. The standard InChI is InChI=1S/9Mo.32O/q;;;;;;;;+6;;;;;;;;;;;;;;;;;16*-1. The molecule has 0 aliphatic heterocycles. The van der Waals surface area contributed by atoms with Crippen LogP contribution in [0.4, 0.5) is 0 Å². The van der Waals surface area contributed by atoms with Crippen LogP contribution < -0.4 is 60.2 Å². The maximum absolute atomic E-state index is 8.63. The Bertz CT molecular complexity index is 1060. The van der Waals surface area contributed by atoms with E-state index < -0.39 is 134 Å². The fourth-order valence-electron chi connectivity index (χ4n) is 0. The van der Waals surface area contributed by atoms with Crippen molar-refractivity contribution in [2.24, 2.45) is 0 Å². The van der Waals surface area contributed by atoms with E-state index in [0.29, 0.717) is 0 Å². The Kier molecular flexibility index (Phi) is 45.9. The van der Waals surface area contributed by atoms with E-state index in [2.05, 4.69) is 0 Å². The Labute approximate surface area is 265 Å². The van der Waals surface area contributed by atoms with Gasteiger partial charge >= 0.3 is 270 Å². The second kappa shape index (κ2) is 28.6. The zero-order valence-corrected chi connectivity index (χ0v) is 34.8. The molecule has 0 atom stereocenters. The molecule has 41 heteroatoms. The Morgan fingerprint density at radius 3 is 0.171 bits per heavy atom. The molecule has 32 nitrogen and oxygen atoms in total. The first-order chi connectivity index (χ1) is 16.0. The Balaban J connectivity index is -0.0000000406. The first kappa shape index (κ1) is 65.9. The number of hydrogen-bond acceptors (Lipinski definition) is 32. The molecule has 0 heterocycles. The summed E-state index contributed by atoms with van der Waals surface area (Å²) in [5.74, 6) is 0. The molecule has 0 radical (unpaired) electrons. The van der Waals surface area contributed by atoms with Crippen LogP contribution in [0.5, 0.6) is 0 Å². The van der Waals surface area contributed by atoms with Crippen LogP contribution in [-0.2, 0) is 209 Å². The van der Waals surface area contributed by atoms with Gasteiger partial charge in [0.1, 0.15) is 0 Å². The average Bonchev–Trinajstić information content (AvgIpc) is 2.16. The fourth-order valence-corrected chi connectivity index (χ4v) is 0.